The van der Waals surface area contributed by atoms with Crippen LogP contribution in [-0.2, 0) is 10.0 Å². The van der Waals surface area contributed by atoms with Gasteiger partial charge in [-0.25, -0.2) is 18.1 Å². The monoisotopic (exact) mass is 341 g/mol. The van der Waals surface area contributed by atoms with E-state index in [-0.39, 0.29) is 16.2 Å². The second kappa shape index (κ2) is 5.42. The summed E-state index contributed by atoms with van der Waals surface area (Å²) in [5.41, 5.74) is 1.40. The molecule has 1 atom stereocenters. The van der Waals surface area contributed by atoms with Gasteiger partial charge < -0.3 is 0 Å². The summed E-state index contributed by atoms with van der Waals surface area (Å²) in [6.07, 6.45) is 1.62. The second-order valence-corrected chi connectivity index (χ2v) is 7.30. The average molecular weight is 342 g/mol. The molecule has 0 aromatic carbocycles. The van der Waals surface area contributed by atoms with Gasteiger partial charge in [0, 0.05) is 12.2 Å². The molecule has 3 aromatic rings. The highest BCUT2D eigenvalue weighted by Crippen LogP contribution is 2.25. The van der Waals surface area contributed by atoms with E-state index >= 15 is 0 Å². The van der Waals surface area contributed by atoms with Crippen LogP contribution < -0.4 is 4.72 Å². The Bertz CT molecular complexity index is 872. The molecule has 3 heterocycles. The van der Waals surface area contributed by atoms with Gasteiger partial charge in [-0.15, -0.1) is 0 Å². The number of sulfonamides is 1. The number of halogens is 1. The molecule has 1 unspecified atom stereocenters. The molecule has 0 radical (unpaired) electrons. The van der Waals surface area contributed by atoms with Crippen molar-refractivity contribution in [3.05, 3.63) is 51.9 Å². The normalized spacial score (nSPS) is 13.6. The highest BCUT2D eigenvalue weighted by Gasteiger charge is 2.26. The van der Waals surface area contributed by atoms with Gasteiger partial charge in [0.2, 0.25) is 0 Å². The number of hydrogen-bond acceptors (Lipinski definition) is 4. The number of pyridine rings is 1. The minimum absolute atomic E-state index is 0.0359. The minimum Gasteiger partial charge on any atom is -0.288 e. The number of rotatable bonds is 4. The quantitative estimate of drug-likeness (QED) is 0.793. The smallest absolute Gasteiger partial charge is 0.260 e. The molecule has 110 valence electrons. The molecule has 0 aliphatic carbocycles. The lowest BCUT2D eigenvalue weighted by Gasteiger charge is -2.13. The van der Waals surface area contributed by atoms with Crippen molar-refractivity contribution < 1.29 is 8.42 Å². The lowest BCUT2D eigenvalue weighted by Crippen LogP contribution is -2.27. The molecule has 0 spiro atoms. The van der Waals surface area contributed by atoms with E-state index in [0.717, 1.165) is 5.56 Å². The summed E-state index contributed by atoms with van der Waals surface area (Å²) in [4.78, 5) is 4.06. The molecule has 5 nitrogen and oxygen atoms in total. The van der Waals surface area contributed by atoms with Gasteiger partial charge in [-0.2, -0.15) is 11.3 Å². The third kappa shape index (κ3) is 2.69. The van der Waals surface area contributed by atoms with E-state index in [1.807, 2.05) is 16.8 Å². The Labute approximate surface area is 131 Å². The van der Waals surface area contributed by atoms with Crippen LogP contribution in [0, 0.1) is 0 Å². The van der Waals surface area contributed by atoms with E-state index in [4.69, 9.17) is 11.6 Å². The summed E-state index contributed by atoms with van der Waals surface area (Å²) < 4.78 is 29.3. The number of hydrogen-bond donors (Lipinski definition) is 1. The van der Waals surface area contributed by atoms with Crippen LogP contribution in [0.5, 0.6) is 0 Å². The molecular formula is C13H12ClN3O2S2. The first-order valence-electron chi connectivity index (χ1n) is 6.16. The molecule has 3 aromatic heterocycles. The van der Waals surface area contributed by atoms with Crippen LogP contribution >= 0.6 is 22.9 Å². The molecule has 0 fully saturated rings. The van der Waals surface area contributed by atoms with Crippen molar-refractivity contribution in [3.63, 3.8) is 0 Å². The van der Waals surface area contributed by atoms with Gasteiger partial charge in [0.25, 0.3) is 10.0 Å². The highest BCUT2D eigenvalue weighted by molar-refractivity contribution is 7.89. The van der Waals surface area contributed by atoms with E-state index in [2.05, 4.69) is 9.71 Å². The van der Waals surface area contributed by atoms with E-state index in [0.29, 0.717) is 5.65 Å². The first-order valence-corrected chi connectivity index (χ1v) is 8.96. The number of imidazole rings is 1. The van der Waals surface area contributed by atoms with E-state index in [9.17, 15) is 8.42 Å². The molecule has 21 heavy (non-hydrogen) atoms. The Kier molecular flexibility index (Phi) is 3.75. The van der Waals surface area contributed by atoms with Crippen LogP contribution in [0.3, 0.4) is 0 Å². The van der Waals surface area contributed by atoms with Crippen molar-refractivity contribution in [2.45, 2.75) is 18.0 Å². The van der Waals surface area contributed by atoms with Crippen molar-refractivity contribution in [2.75, 3.05) is 0 Å². The molecule has 0 saturated carbocycles. The number of fused-ring (bicyclic) bond motifs is 1. The summed E-state index contributed by atoms with van der Waals surface area (Å²) in [5, 5.41) is 3.73. The predicted molar refractivity (Wildman–Crippen MR) is 83.3 cm³/mol. The first-order chi connectivity index (χ1) is 9.99. The van der Waals surface area contributed by atoms with Crippen molar-refractivity contribution in [1.29, 1.82) is 0 Å². The fraction of sp³-hybridized carbons (Fsp3) is 0.154. The fourth-order valence-electron chi connectivity index (χ4n) is 2.06. The molecular weight excluding hydrogens is 330 g/mol. The van der Waals surface area contributed by atoms with Gasteiger partial charge in [0.05, 0.1) is 0 Å². The fourth-order valence-corrected chi connectivity index (χ4v) is 4.69. The van der Waals surface area contributed by atoms with Gasteiger partial charge in [-0.1, -0.05) is 17.7 Å². The summed E-state index contributed by atoms with van der Waals surface area (Å²) in [6.45, 7) is 1.79. The Hall–Kier alpha value is -1.41. The Morgan fingerprint density at radius 1 is 1.38 bits per heavy atom. The van der Waals surface area contributed by atoms with Crippen molar-refractivity contribution in [1.82, 2.24) is 14.1 Å². The Morgan fingerprint density at radius 3 is 2.90 bits per heavy atom. The number of nitrogens with zero attached hydrogens (tertiary/aromatic N) is 2. The third-order valence-corrected chi connectivity index (χ3v) is 5.72. The van der Waals surface area contributed by atoms with Crippen molar-refractivity contribution >= 4 is 38.6 Å². The Balaban J connectivity index is 2.03. The molecule has 1 N–H and O–H groups in total. The highest BCUT2D eigenvalue weighted by atomic mass is 35.5. The summed E-state index contributed by atoms with van der Waals surface area (Å²) in [7, 11) is -3.78. The van der Waals surface area contributed by atoms with Crippen LogP contribution in [0.4, 0.5) is 0 Å². The summed E-state index contributed by atoms with van der Waals surface area (Å²) in [5.74, 6) is 0. The van der Waals surface area contributed by atoms with E-state index in [1.165, 1.54) is 15.7 Å². The molecule has 3 rings (SSSR count). The second-order valence-electron chi connectivity index (χ2n) is 4.54. The van der Waals surface area contributed by atoms with Gasteiger partial charge >= 0.3 is 0 Å². The van der Waals surface area contributed by atoms with Gasteiger partial charge in [0.1, 0.15) is 5.65 Å². The SMILES string of the molecule is CC(NS(=O)(=O)c1c(Cl)nc2ccccn12)c1ccsc1. The van der Waals surface area contributed by atoms with Gasteiger partial charge in [-0.05, 0) is 41.4 Å². The molecule has 0 aliphatic rings. The van der Waals surface area contributed by atoms with Crippen LogP contribution in [-0.4, -0.2) is 17.8 Å². The number of aromatic nitrogens is 2. The van der Waals surface area contributed by atoms with Crippen molar-refractivity contribution in [3.8, 4) is 0 Å². The summed E-state index contributed by atoms with van der Waals surface area (Å²) in [6, 6.07) is 6.75. The van der Waals surface area contributed by atoms with Gasteiger partial charge in [0.15, 0.2) is 10.2 Å². The molecule has 0 aliphatic heterocycles. The summed E-state index contributed by atoms with van der Waals surface area (Å²) >= 11 is 7.53. The zero-order chi connectivity index (χ0) is 15.0. The number of thiophene rings is 1. The Morgan fingerprint density at radius 2 is 2.19 bits per heavy atom. The zero-order valence-corrected chi connectivity index (χ0v) is 13.4. The minimum atomic E-state index is -3.78. The van der Waals surface area contributed by atoms with Crippen LogP contribution in [0.15, 0.2) is 46.2 Å². The maximum atomic E-state index is 12.6. The maximum Gasteiger partial charge on any atom is 0.260 e. The van der Waals surface area contributed by atoms with E-state index in [1.54, 1.807) is 31.3 Å². The molecule has 0 saturated heterocycles. The van der Waals surface area contributed by atoms with Crippen molar-refractivity contribution in [2.24, 2.45) is 0 Å². The topological polar surface area (TPSA) is 63.5 Å². The lowest BCUT2D eigenvalue weighted by atomic mass is 10.2. The molecule has 8 heteroatoms. The zero-order valence-electron chi connectivity index (χ0n) is 11.0. The number of nitrogens with one attached hydrogen (secondary N) is 1. The van der Waals surface area contributed by atoms with Crippen LogP contribution in [0.1, 0.15) is 18.5 Å². The van der Waals surface area contributed by atoms with Gasteiger partial charge in [-0.3, -0.25) is 4.40 Å². The lowest BCUT2D eigenvalue weighted by molar-refractivity contribution is 0.562. The average Bonchev–Trinajstić information content (AvgIpc) is 3.04. The molecule has 0 amide bonds. The van der Waals surface area contributed by atoms with Crippen LogP contribution in [0.25, 0.3) is 5.65 Å². The van der Waals surface area contributed by atoms with E-state index < -0.39 is 10.0 Å². The molecule has 0 bridgehead atoms. The maximum absolute atomic E-state index is 12.6. The third-order valence-electron chi connectivity index (χ3n) is 3.08. The van der Waals surface area contributed by atoms with Crippen LogP contribution in [0.2, 0.25) is 5.15 Å². The predicted octanol–water partition coefficient (Wildman–Crippen LogP) is 3.09. The first kappa shape index (κ1) is 14.5. The standard InChI is InChI=1S/C13H12ClN3O2S2/c1-9(10-5-7-20-8-10)16-21(18,19)13-12(14)15-11-4-2-3-6-17(11)13/h2-9,16H,1H3. The largest absolute Gasteiger partial charge is 0.288 e.